The molecule has 0 saturated heterocycles. The third-order valence-corrected chi connectivity index (χ3v) is 15.0. The van der Waals surface area contributed by atoms with Gasteiger partial charge in [-0.15, -0.1) is 0 Å². The van der Waals surface area contributed by atoms with E-state index in [1.54, 1.807) is 11.1 Å². The number of rotatable bonds is 2. The SMILES string of the molecule is N#CC(C#N)=C1C2CCC1C1C3CC(C4CC5C6CC(c7c6c(-c6ccccc6)c6ccccc6c7-c6ccccc6)C5CC43)C21. The Kier molecular flexibility index (Phi) is 5.21. The summed E-state index contributed by atoms with van der Waals surface area (Å²) in [5.74, 6) is 8.69. The molecule has 0 aliphatic heterocycles. The molecule has 4 aromatic rings. The molecule has 11 rings (SSSR count). The van der Waals surface area contributed by atoms with Crippen LogP contribution in [0.1, 0.15) is 61.5 Å². The van der Waals surface area contributed by atoms with E-state index < -0.39 is 0 Å². The molecule has 7 aliphatic rings. The summed E-state index contributed by atoms with van der Waals surface area (Å²) in [6.07, 6.45) is 8.00. The maximum atomic E-state index is 9.88. The zero-order chi connectivity index (χ0) is 30.3. The van der Waals surface area contributed by atoms with Gasteiger partial charge in [-0.25, -0.2) is 0 Å². The molecule has 46 heavy (non-hydrogen) atoms. The van der Waals surface area contributed by atoms with Gasteiger partial charge in [0.05, 0.1) is 0 Å². The second-order valence-electron chi connectivity index (χ2n) is 16.0. The quantitative estimate of drug-likeness (QED) is 0.171. The molecule has 6 bridgehead atoms. The first kappa shape index (κ1) is 26.0. The maximum absolute atomic E-state index is 9.88. The van der Waals surface area contributed by atoms with Crippen LogP contribution >= 0.6 is 0 Å². The van der Waals surface area contributed by atoms with E-state index in [-0.39, 0.29) is 0 Å². The number of allylic oxidation sites excluding steroid dienone is 2. The van der Waals surface area contributed by atoms with E-state index in [9.17, 15) is 10.5 Å². The van der Waals surface area contributed by atoms with Crippen molar-refractivity contribution in [3.05, 3.63) is 107 Å². The zero-order valence-corrected chi connectivity index (χ0v) is 26.1. The Balaban J connectivity index is 1.06. The number of hydrogen-bond acceptors (Lipinski definition) is 2. The topological polar surface area (TPSA) is 47.6 Å². The number of fused-ring (bicyclic) bond motifs is 21. The number of hydrogen-bond donors (Lipinski definition) is 0. The van der Waals surface area contributed by atoms with Crippen LogP contribution in [0.15, 0.2) is 96.1 Å². The predicted octanol–water partition coefficient (Wildman–Crippen LogP) is 10.3. The lowest BCUT2D eigenvalue weighted by atomic mass is 9.54. The Morgan fingerprint density at radius 1 is 0.478 bits per heavy atom. The van der Waals surface area contributed by atoms with Gasteiger partial charge in [-0.1, -0.05) is 84.9 Å². The largest absolute Gasteiger partial charge is 0.192 e. The molecule has 6 fully saturated rings. The fraction of sp³-hybridized carbons (Fsp3) is 0.409. The second kappa shape index (κ2) is 9.23. The fourth-order valence-electron chi connectivity index (χ4n) is 14.1. The highest BCUT2D eigenvalue weighted by Crippen LogP contribution is 2.77. The standard InChI is InChI=1S/C44H38N2/c45-21-25(22-46)38-28-15-16-29(38)42-35-19-34(41(28)42)30-17-32-33(18-31(30)35)37-20-36(32)43-39(23-9-3-1-4-10-23)26-13-7-8-14-27(26)40(44(37)43)24-11-5-2-6-12-24/h1-14,28-37,41-42H,15-20H2. The fourth-order valence-corrected chi connectivity index (χ4v) is 14.1. The Bertz CT molecular complexity index is 1920. The van der Waals surface area contributed by atoms with Crippen molar-refractivity contribution in [3.8, 4) is 34.4 Å². The van der Waals surface area contributed by atoms with Gasteiger partial charge >= 0.3 is 0 Å². The summed E-state index contributed by atoms with van der Waals surface area (Å²) in [4.78, 5) is 0. The van der Waals surface area contributed by atoms with Crippen molar-refractivity contribution < 1.29 is 0 Å². The Morgan fingerprint density at radius 3 is 1.37 bits per heavy atom. The lowest BCUT2D eigenvalue weighted by Crippen LogP contribution is -2.44. The molecule has 4 aromatic carbocycles. The van der Waals surface area contributed by atoms with Gasteiger partial charge in [0.15, 0.2) is 0 Å². The van der Waals surface area contributed by atoms with Crippen molar-refractivity contribution in [1.82, 2.24) is 0 Å². The Hall–Kier alpha value is -4.14. The third kappa shape index (κ3) is 3.08. The minimum absolute atomic E-state index is 0.476. The van der Waals surface area contributed by atoms with Crippen molar-refractivity contribution in [2.45, 2.75) is 50.4 Å². The van der Waals surface area contributed by atoms with Gasteiger partial charge in [-0.3, -0.25) is 0 Å². The van der Waals surface area contributed by atoms with Gasteiger partial charge in [0, 0.05) is 0 Å². The number of benzene rings is 4. The first-order valence-electron chi connectivity index (χ1n) is 18.0. The van der Waals surface area contributed by atoms with Crippen molar-refractivity contribution in [3.63, 3.8) is 0 Å². The van der Waals surface area contributed by atoms with Crippen molar-refractivity contribution >= 4 is 10.8 Å². The third-order valence-electron chi connectivity index (χ3n) is 15.0. The molecule has 0 radical (unpaired) electrons. The van der Waals surface area contributed by atoms with Crippen LogP contribution in [0.5, 0.6) is 0 Å². The van der Waals surface area contributed by atoms with E-state index in [1.807, 2.05) is 0 Å². The first-order valence-corrected chi connectivity index (χ1v) is 18.0. The summed E-state index contributed by atoms with van der Waals surface area (Å²) < 4.78 is 0. The number of nitriles is 2. The Morgan fingerprint density at radius 2 is 0.913 bits per heavy atom. The van der Waals surface area contributed by atoms with E-state index in [0.29, 0.717) is 29.2 Å². The molecule has 0 amide bonds. The summed E-state index contributed by atoms with van der Waals surface area (Å²) in [6, 6.07) is 36.5. The molecule has 0 heterocycles. The monoisotopic (exact) mass is 594 g/mol. The Labute approximate surface area is 271 Å². The average molecular weight is 595 g/mol. The molecule has 224 valence electrons. The van der Waals surface area contributed by atoms with E-state index in [0.717, 1.165) is 47.3 Å². The van der Waals surface area contributed by atoms with Gasteiger partial charge in [-0.2, -0.15) is 10.5 Å². The van der Waals surface area contributed by atoms with Gasteiger partial charge in [0.2, 0.25) is 0 Å². The molecule has 0 N–H and O–H groups in total. The van der Waals surface area contributed by atoms with Gasteiger partial charge in [-0.05, 0) is 159 Å². The minimum Gasteiger partial charge on any atom is -0.192 e. The normalized spacial score (nSPS) is 38.3. The van der Waals surface area contributed by atoms with Crippen LogP contribution in [0.4, 0.5) is 0 Å². The van der Waals surface area contributed by atoms with Crippen molar-refractivity contribution in [1.29, 1.82) is 10.5 Å². The molecular formula is C44H38N2. The molecule has 12 unspecified atom stereocenters. The highest BCUT2D eigenvalue weighted by Gasteiger charge is 2.70. The molecule has 0 aromatic heterocycles. The van der Waals surface area contributed by atoms with E-state index in [4.69, 9.17) is 0 Å². The van der Waals surface area contributed by atoms with Gasteiger partial charge in [0.25, 0.3) is 0 Å². The van der Waals surface area contributed by atoms with Crippen LogP contribution < -0.4 is 0 Å². The van der Waals surface area contributed by atoms with Gasteiger partial charge in [0.1, 0.15) is 17.7 Å². The molecule has 6 saturated carbocycles. The summed E-state index contributed by atoms with van der Waals surface area (Å²) in [5.41, 5.74) is 10.9. The zero-order valence-electron chi connectivity index (χ0n) is 26.1. The van der Waals surface area contributed by atoms with Crippen LogP contribution in [0, 0.1) is 81.8 Å². The van der Waals surface area contributed by atoms with Crippen LogP contribution in [-0.4, -0.2) is 0 Å². The minimum atomic E-state index is 0.476. The molecule has 12 atom stereocenters. The summed E-state index contributed by atoms with van der Waals surface area (Å²) in [5, 5.41) is 22.6. The molecular weight excluding hydrogens is 556 g/mol. The summed E-state index contributed by atoms with van der Waals surface area (Å²) in [7, 11) is 0. The van der Waals surface area contributed by atoms with Crippen molar-refractivity contribution in [2.24, 2.45) is 59.2 Å². The summed E-state index contributed by atoms with van der Waals surface area (Å²) in [6.45, 7) is 0. The highest BCUT2D eigenvalue weighted by atomic mass is 14.7. The van der Waals surface area contributed by atoms with Crippen LogP contribution in [0.3, 0.4) is 0 Å². The predicted molar refractivity (Wildman–Crippen MR) is 181 cm³/mol. The molecule has 0 spiro atoms. The lowest BCUT2D eigenvalue weighted by molar-refractivity contribution is -0.00521. The summed E-state index contributed by atoms with van der Waals surface area (Å²) >= 11 is 0. The second-order valence-corrected chi connectivity index (χ2v) is 16.0. The van der Waals surface area contributed by atoms with E-state index >= 15 is 0 Å². The molecule has 7 aliphatic carbocycles. The van der Waals surface area contributed by atoms with Crippen LogP contribution in [0.2, 0.25) is 0 Å². The smallest absolute Gasteiger partial charge is 0.129 e. The average Bonchev–Trinajstić information content (AvgIpc) is 3.96. The van der Waals surface area contributed by atoms with Crippen molar-refractivity contribution in [2.75, 3.05) is 0 Å². The number of nitrogens with zero attached hydrogens (tertiary/aromatic N) is 2. The van der Waals surface area contributed by atoms with Crippen LogP contribution in [0.25, 0.3) is 33.0 Å². The van der Waals surface area contributed by atoms with Gasteiger partial charge < -0.3 is 0 Å². The first-order chi connectivity index (χ1) is 22.8. The molecule has 2 heteroatoms. The maximum Gasteiger partial charge on any atom is 0.129 e. The van der Waals surface area contributed by atoms with E-state index in [1.165, 1.54) is 77.1 Å². The lowest BCUT2D eigenvalue weighted by Gasteiger charge is -2.51. The highest BCUT2D eigenvalue weighted by molar-refractivity contribution is 6.08. The molecule has 2 nitrogen and oxygen atoms in total. The van der Waals surface area contributed by atoms with Crippen LogP contribution in [-0.2, 0) is 0 Å². The van der Waals surface area contributed by atoms with E-state index in [2.05, 4.69) is 97.1 Å².